The van der Waals surface area contributed by atoms with Crippen LogP contribution in [0.3, 0.4) is 0 Å². The first-order valence-electron chi connectivity index (χ1n) is 7.00. The fourth-order valence-electron chi connectivity index (χ4n) is 2.82. The minimum Gasteiger partial charge on any atom is -0.468 e. The number of esters is 1. The predicted octanol–water partition coefficient (Wildman–Crippen LogP) is 2.50. The molecule has 2 saturated carbocycles. The largest absolute Gasteiger partial charge is 0.468 e. The van der Waals surface area contributed by atoms with Crippen LogP contribution in [0.1, 0.15) is 51.9 Å². The Bertz CT molecular complexity index is 275. The highest BCUT2D eigenvalue weighted by molar-refractivity contribution is 5.80. The van der Waals surface area contributed by atoms with Crippen LogP contribution in [-0.4, -0.2) is 25.2 Å². The van der Waals surface area contributed by atoms with Crippen LogP contribution in [0.2, 0.25) is 0 Å². The maximum atomic E-state index is 12.1. The van der Waals surface area contributed by atoms with Gasteiger partial charge in [-0.1, -0.05) is 19.8 Å². The molecular weight excluding hydrogens is 214 g/mol. The van der Waals surface area contributed by atoms with Gasteiger partial charge in [0.05, 0.1) is 7.11 Å². The average molecular weight is 239 g/mol. The Balaban J connectivity index is 2.01. The van der Waals surface area contributed by atoms with Crippen LogP contribution in [0.25, 0.3) is 0 Å². The van der Waals surface area contributed by atoms with E-state index in [4.69, 9.17) is 4.74 Å². The van der Waals surface area contributed by atoms with E-state index in [1.165, 1.54) is 26.4 Å². The number of ether oxygens (including phenoxy) is 1. The molecule has 0 bridgehead atoms. The molecule has 0 amide bonds. The van der Waals surface area contributed by atoms with Crippen molar-refractivity contribution in [2.45, 2.75) is 57.4 Å². The first kappa shape index (κ1) is 12.9. The van der Waals surface area contributed by atoms with Gasteiger partial charge in [0, 0.05) is 0 Å². The van der Waals surface area contributed by atoms with Crippen molar-refractivity contribution in [3.05, 3.63) is 0 Å². The van der Waals surface area contributed by atoms with Crippen LogP contribution in [0.5, 0.6) is 0 Å². The molecule has 0 aromatic heterocycles. The summed E-state index contributed by atoms with van der Waals surface area (Å²) in [5, 5.41) is 3.53. The first-order chi connectivity index (χ1) is 8.16. The van der Waals surface area contributed by atoms with Gasteiger partial charge in [-0.05, 0) is 50.5 Å². The lowest BCUT2D eigenvalue weighted by atomic mass is 9.89. The van der Waals surface area contributed by atoms with Gasteiger partial charge in [0.15, 0.2) is 0 Å². The molecule has 0 aromatic carbocycles. The lowest BCUT2D eigenvalue weighted by Gasteiger charge is -2.31. The third kappa shape index (κ3) is 3.21. The van der Waals surface area contributed by atoms with Crippen LogP contribution in [-0.2, 0) is 9.53 Å². The summed E-state index contributed by atoms with van der Waals surface area (Å²) in [6.07, 6.45) is 8.02. The summed E-state index contributed by atoms with van der Waals surface area (Å²) in [6, 6.07) is 0. The summed E-state index contributed by atoms with van der Waals surface area (Å²) in [4.78, 5) is 12.1. The molecule has 0 aliphatic heterocycles. The van der Waals surface area contributed by atoms with Crippen LogP contribution in [0.15, 0.2) is 0 Å². The van der Waals surface area contributed by atoms with Crippen molar-refractivity contribution in [2.75, 3.05) is 13.7 Å². The molecule has 0 spiro atoms. The minimum absolute atomic E-state index is 0.0488. The van der Waals surface area contributed by atoms with Crippen molar-refractivity contribution in [3.63, 3.8) is 0 Å². The number of carbonyl (C=O) groups excluding carboxylic acids is 1. The zero-order valence-corrected chi connectivity index (χ0v) is 11.1. The van der Waals surface area contributed by atoms with E-state index in [2.05, 4.69) is 12.2 Å². The van der Waals surface area contributed by atoms with Crippen LogP contribution in [0, 0.1) is 11.8 Å². The van der Waals surface area contributed by atoms with Crippen LogP contribution >= 0.6 is 0 Å². The predicted molar refractivity (Wildman–Crippen MR) is 67.7 cm³/mol. The van der Waals surface area contributed by atoms with Gasteiger partial charge >= 0.3 is 5.97 Å². The zero-order valence-electron chi connectivity index (χ0n) is 11.1. The van der Waals surface area contributed by atoms with Gasteiger partial charge in [0.1, 0.15) is 5.54 Å². The molecule has 17 heavy (non-hydrogen) atoms. The number of rotatable bonds is 4. The smallest absolute Gasteiger partial charge is 0.326 e. The van der Waals surface area contributed by atoms with Gasteiger partial charge in [0.2, 0.25) is 0 Å². The van der Waals surface area contributed by atoms with Gasteiger partial charge in [-0.2, -0.15) is 0 Å². The molecule has 0 heterocycles. The van der Waals surface area contributed by atoms with E-state index < -0.39 is 0 Å². The molecule has 2 aliphatic carbocycles. The molecule has 3 nitrogen and oxygen atoms in total. The Morgan fingerprint density at radius 2 is 2.06 bits per heavy atom. The summed E-state index contributed by atoms with van der Waals surface area (Å²) >= 11 is 0. The SMILES string of the molecule is COC(=O)C1(NCC2CC2)CCCC(C)CC1. The molecule has 2 aliphatic rings. The number of methoxy groups -OCH3 is 1. The molecule has 0 radical (unpaired) electrons. The average Bonchev–Trinajstić information content (AvgIpc) is 3.14. The lowest BCUT2D eigenvalue weighted by Crippen LogP contribution is -2.53. The van der Waals surface area contributed by atoms with E-state index >= 15 is 0 Å². The molecule has 2 fully saturated rings. The van der Waals surface area contributed by atoms with Crippen molar-refractivity contribution in [2.24, 2.45) is 11.8 Å². The summed E-state index contributed by atoms with van der Waals surface area (Å²) in [5.74, 6) is 1.49. The van der Waals surface area contributed by atoms with E-state index in [0.717, 1.165) is 44.1 Å². The number of carbonyl (C=O) groups is 1. The normalized spacial score (nSPS) is 34.1. The monoisotopic (exact) mass is 239 g/mol. The second kappa shape index (κ2) is 5.38. The summed E-state index contributed by atoms with van der Waals surface area (Å²) in [6.45, 7) is 3.28. The van der Waals surface area contributed by atoms with Crippen LogP contribution in [0.4, 0.5) is 0 Å². The topological polar surface area (TPSA) is 38.3 Å². The van der Waals surface area contributed by atoms with Crippen molar-refractivity contribution in [1.82, 2.24) is 5.32 Å². The van der Waals surface area contributed by atoms with E-state index in [0.29, 0.717) is 0 Å². The molecule has 2 rings (SSSR count). The molecule has 0 aromatic rings. The lowest BCUT2D eigenvalue weighted by molar-refractivity contribution is -0.149. The van der Waals surface area contributed by atoms with Gasteiger partial charge in [-0.15, -0.1) is 0 Å². The van der Waals surface area contributed by atoms with Crippen LogP contribution < -0.4 is 5.32 Å². The molecule has 0 saturated heterocycles. The van der Waals surface area contributed by atoms with Crippen molar-refractivity contribution >= 4 is 5.97 Å². The molecular formula is C14H25NO2. The Kier molecular flexibility index (Phi) is 4.08. The first-order valence-corrected chi connectivity index (χ1v) is 7.00. The van der Waals surface area contributed by atoms with Crippen molar-refractivity contribution < 1.29 is 9.53 Å². The Hall–Kier alpha value is -0.570. The van der Waals surface area contributed by atoms with Gasteiger partial charge in [-0.3, -0.25) is 4.79 Å². The molecule has 2 atom stereocenters. The van der Waals surface area contributed by atoms with E-state index in [-0.39, 0.29) is 11.5 Å². The van der Waals surface area contributed by atoms with E-state index in [9.17, 15) is 4.79 Å². The van der Waals surface area contributed by atoms with Gasteiger partial charge in [0.25, 0.3) is 0 Å². The maximum Gasteiger partial charge on any atom is 0.326 e. The summed E-state index contributed by atoms with van der Waals surface area (Å²) in [5.41, 5.74) is -0.387. The fourth-order valence-corrected chi connectivity index (χ4v) is 2.82. The van der Waals surface area contributed by atoms with Crippen molar-refractivity contribution in [3.8, 4) is 0 Å². The molecule has 2 unspecified atom stereocenters. The Morgan fingerprint density at radius 3 is 2.71 bits per heavy atom. The summed E-state index contributed by atoms with van der Waals surface area (Å²) < 4.78 is 5.04. The molecule has 3 heteroatoms. The molecule has 1 N–H and O–H groups in total. The highest BCUT2D eigenvalue weighted by Gasteiger charge is 2.41. The number of nitrogens with one attached hydrogen (secondary N) is 1. The zero-order chi connectivity index (χ0) is 12.3. The van der Waals surface area contributed by atoms with E-state index in [1.807, 2.05) is 0 Å². The Labute approximate surface area is 104 Å². The Morgan fingerprint density at radius 1 is 1.29 bits per heavy atom. The summed E-state index contributed by atoms with van der Waals surface area (Å²) in [7, 11) is 1.51. The van der Waals surface area contributed by atoms with E-state index in [1.54, 1.807) is 0 Å². The molecule has 98 valence electrons. The fraction of sp³-hybridized carbons (Fsp3) is 0.929. The quantitative estimate of drug-likeness (QED) is 0.605. The number of hydrogen-bond acceptors (Lipinski definition) is 3. The minimum atomic E-state index is -0.387. The third-order valence-corrected chi connectivity index (χ3v) is 4.37. The third-order valence-electron chi connectivity index (χ3n) is 4.37. The second-order valence-corrected chi connectivity index (χ2v) is 5.93. The highest BCUT2D eigenvalue weighted by atomic mass is 16.5. The van der Waals surface area contributed by atoms with Gasteiger partial charge in [-0.25, -0.2) is 0 Å². The highest BCUT2D eigenvalue weighted by Crippen LogP contribution is 2.33. The van der Waals surface area contributed by atoms with Gasteiger partial charge < -0.3 is 10.1 Å². The number of hydrogen-bond donors (Lipinski definition) is 1. The second-order valence-electron chi connectivity index (χ2n) is 5.93. The standard InChI is InChI=1S/C14H25NO2/c1-11-4-3-8-14(9-7-11,13(16)17-2)15-10-12-5-6-12/h11-12,15H,3-10H2,1-2H3. The van der Waals surface area contributed by atoms with Crippen molar-refractivity contribution in [1.29, 1.82) is 0 Å². The maximum absolute atomic E-state index is 12.1.